The third-order valence-electron chi connectivity index (χ3n) is 10.8. The Morgan fingerprint density at radius 3 is 1.55 bits per heavy atom. The van der Waals surface area contributed by atoms with Gasteiger partial charge >= 0.3 is 12.7 Å². The van der Waals surface area contributed by atoms with Crippen molar-refractivity contribution in [3.63, 3.8) is 0 Å². The van der Waals surface area contributed by atoms with Crippen LogP contribution in [0.2, 0.25) is 5.02 Å². The quantitative estimate of drug-likeness (QED) is 0.0866. The number of halogens is 7. The van der Waals surface area contributed by atoms with Gasteiger partial charge in [0, 0.05) is 67.5 Å². The van der Waals surface area contributed by atoms with Crippen molar-refractivity contribution in [2.75, 3.05) is 86.0 Å². The van der Waals surface area contributed by atoms with E-state index in [4.69, 9.17) is 31.0 Å². The van der Waals surface area contributed by atoms with Gasteiger partial charge < -0.3 is 50.0 Å². The molecule has 69 heavy (non-hydrogen) atoms. The maximum atomic E-state index is 12.4. The van der Waals surface area contributed by atoms with Crippen molar-refractivity contribution in [2.45, 2.75) is 39.4 Å². The highest BCUT2D eigenvalue weighted by Gasteiger charge is 2.32. The summed E-state index contributed by atoms with van der Waals surface area (Å²) in [6.07, 6.45) is -7.47. The van der Waals surface area contributed by atoms with Gasteiger partial charge in [0.25, 0.3) is 11.8 Å². The Morgan fingerprint density at radius 1 is 0.594 bits per heavy atom. The van der Waals surface area contributed by atoms with Gasteiger partial charge in [0.15, 0.2) is 13.2 Å². The molecule has 14 nitrogen and oxygen atoms in total. The minimum absolute atomic E-state index is 0.0612. The zero-order chi connectivity index (χ0) is 49.1. The second-order valence-corrected chi connectivity index (χ2v) is 16.5. The normalized spacial score (nSPS) is 14.5. The number of anilines is 4. The molecule has 2 aliphatic heterocycles. The minimum atomic E-state index is -4.83. The van der Waals surface area contributed by atoms with E-state index in [1.54, 1.807) is 12.1 Å². The first kappa shape index (κ1) is 50.1. The molecule has 4 N–H and O–H groups in total. The monoisotopic (exact) mass is 982 g/mol. The molecule has 0 bridgehead atoms. The van der Waals surface area contributed by atoms with E-state index in [2.05, 4.69) is 52.7 Å². The van der Waals surface area contributed by atoms with Crippen LogP contribution in [0.3, 0.4) is 0 Å². The molecule has 4 aromatic carbocycles. The Balaban J connectivity index is 0.000000204. The van der Waals surface area contributed by atoms with Crippen LogP contribution in [0.1, 0.15) is 24.0 Å². The zero-order valence-electron chi connectivity index (χ0n) is 37.5. The molecule has 0 aliphatic carbocycles. The van der Waals surface area contributed by atoms with Crippen molar-refractivity contribution in [3.05, 3.63) is 107 Å². The highest BCUT2D eigenvalue weighted by molar-refractivity contribution is 6.32. The number of nitrogens with zero attached hydrogens (tertiary/aromatic N) is 4. The van der Waals surface area contributed by atoms with Crippen molar-refractivity contribution in [3.8, 4) is 23.0 Å². The van der Waals surface area contributed by atoms with E-state index >= 15 is 0 Å². The number of amides is 2. The van der Waals surface area contributed by atoms with Crippen molar-refractivity contribution in [1.82, 2.24) is 20.6 Å². The van der Waals surface area contributed by atoms with Gasteiger partial charge in [-0.05, 0) is 136 Å². The number of hydrogen-bond acceptors (Lipinski definition) is 12. The SMILES string of the molecule is Cc1cc(N2CCCNCC2)nc2ccc(NC(=O)COc3ccc(OC(F)(F)F)cc3)cc12.Cc1cc(N2CCCNCC2)nc2ccc(NC(=O)COc3ccc(OC(F)(F)F)cc3Cl)cc12. The second kappa shape index (κ2) is 22.6. The Labute approximate surface area is 398 Å². The lowest BCUT2D eigenvalue weighted by molar-refractivity contribution is -0.275. The average Bonchev–Trinajstić information content (AvgIpc) is 3.75. The van der Waals surface area contributed by atoms with Crippen LogP contribution >= 0.6 is 11.6 Å². The Hall–Kier alpha value is -6.77. The molecule has 0 atom stereocenters. The topological polar surface area (TPSA) is 151 Å². The number of carbonyl (C=O) groups is 2. The highest BCUT2D eigenvalue weighted by atomic mass is 35.5. The van der Waals surface area contributed by atoms with Crippen LogP contribution in [-0.2, 0) is 9.59 Å². The summed E-state index contributed by atoms with van der Waals surface area (Å²) in [5, 5.41) is 14.1. The summed E-state index contributed by atoms with van der Waals surface area (Å²) < 4.78 is 92.0. The van der Waals surface area contributed by atoms with E-state index in [1.807, 2.05) is 38.1 Å². The lowest BCUT2D eigenvalue weighted by Gasteiger charge is -2.22. The first-order valence-electron chi connectivity index (χ1n) is 22.0. The molecule has 2 aliphatic rings. The number of ether oxygens (including phenoxy) is 4. The first-order chi connectivity index (χ1) is 32.9. The number of hydrogen-bond donors (Lipinski definition) is 4. The molecule has 2 fully saturated rings. The van der Waals surface area contributed by atoms with Gasteiger partial charge in [-0.3, -0.25) is 9.59 Å². The number of aromatic nitrogens is 2. The molecule has 0 spiro atoms. The smallest absolute Gasteiger partial charge is 0.484 e. The number of alkyl halides is 6. The van der Waals surface area contributed by atoms with Gasteiger partial charge in [-0.15, -0.1) is 26.3 Å². The van der Waals surface area contributed by atoms with Crippen LogP contribution in [0.4, 0.5) is 49.4 Å². The summed E-state index contributed by atoms with van der Waals surface area (Å²) in [7, 11) is 0. The molecule has 2 saturated heterocycles. The molecule has 366 valence electrons. The van der Waals surface area contributed by atoms with E-state index in [-0.39, 0.29) is 35.5 Å². The number of fused-ring (bicyclic) bond motifs is 2. The summed E-state index contributed by atoms with van der Waals surface area (Å²) in [5.74, 6) is 0.517. The average molecular weight is 983 g/mol. The fourth-order valence-electron chi connectivity index (χ4n) is 7.60. The molecule has 6 aromatic rings. The number of carbonyl (C=O) groups excluding carboxylic acids is 2. The van der Waals surface area contributed by atoms with Gasteiger partial charge in [0.2, 0.25) is 0 Å². The third-order valence-corrected chi connectivity index (χ3v) is 11.1. The highest BCUT2D eigenvalue weighted by Crippen LogP contribution is 2.33. The lowest BCUT2D eigenvalue weighted by atomic mass is 10.1. The largest absolute Gasteiger partial charge is 0.573 e. The van der Waals surface area contributed by atoms with Crippen LogP contribution in [0.25, 0.3) is 21.8 Å². The molecule has 2 amide bonds. The van der Waals surface area contributed by atoms with Crippen molar-refractivity contribution < 1.29 is 54.9 Å². The predicted octanol–water partition coefficient (Wildman–Crippen LogP) is 9.17. The maximum absolute atomic E-state index is 12.4. The van der Waals surface area contributed by atoms with Gasteiger partial charge in [-0.25, -0.2) is 9.97 Å². The number of rotatable bonds is 12. The predicted molar refractivity (Wildman–Crippen MR) is 252 cm³/mol. The molecule has 0 unspecified atom stereocenters. The van der Waals surface area contributed by atoms with Crippen molar-refractivity contribution in [1.29, 1.82) is 0 Å². The molecular formula is C48H49ClF6N8O6. The fraction of sp³-hybridized carbons (Fsp3) is 0.333. The van der Waals surface area contributed by atoms with Crippen molar-refractivity contribution >= 4 is 68.2 Å². The number of nitrogens with one attached hydrogen (secondary N) is 4. The molecule has 8 rings (SSSR count). The van der Waals surface area contributed by atoms with E-state index < -0.39 is 30.3 Å². The molecular weight excluding hydrogens is 934 g/mol. The van der Waals surface area contributed by atoms with Crippen LogP contribution in [0.5, 0.6) is 23.0 Å². The van der Waals surface area contributed by atoms with Gasteiger partial charge in [0.05, 0.1) is 16.1 Å². The van der Waals surface area contributed by atoms with E-state index in [9.17, 15) is 35.9 Å². The molecule has 2 aromatic heterocycles. The first-order valence-corrected chi connectivity index (χ1v) is 22.3. The third kappa shape index (κ3) is 14.9. The van der Waals surface area contributed by atoms with Crippen molar-refractivity contribution in [2.24, 2.45) is 0 Å². The number of benzene rings is 4. The maximum Gasteiger partial charge on any atom is 0.573 e. The Kier molecular flexibility index (Phi) is 16.4. The lowest BCUT2D eigenvalue weighted by Crippen LogP contribution is -2.28. The Bertz CT molecular complexity index is 2730. The van der Waals surface area contributed by atoms with E-state index in [0.29, 0.717) is 11.4 Å². The van der Waals surface area contributed by atoms with Gasteiger partial charge in [-0.1, -0.05) is 11.6 Å². The van der Waals surface area contributed by atoms with Crippen LogP contribution in [-0.4, -0.2) is 100 Å². The van der Waals surface area contributed by atoms with E-state index in [1.165, 1.54) is 18.2 Å². The zero-order valence-corrected chi connectivity index (χ0v) is 38.3. The summed E-state index contributed by atoms with van der Waals surface area (Å²) in [5.41, 5.74) is 4.96. The minimum Gasteiger partial charge on any atom is -0.484 e. The Morgan fingerprint density at radius 2 is 1.06 bits per heavy atom. The molecule has 0 saturated carbocycles. The second-order valence-electron chi connectivity index (χ2n) is 16.1. The number of aryl methyl sites for hydroxylation is 2. The van der Waals surface area contributed by atoms with Crippen LogP contribution < -0.4 is 50.0 Å². The van der Waals surface area contributed by atoms with Crippen LogP contribution in [0.15, 0.2) is 91.0 Å². The van der Waals surface area contributed by atoms with Gasteiger partial charge in [-0.2, -0.15) is 0 Å². The standard InChI is InChI=1S/C24H24ClF3N4O3.C24H25F3N4O3/c1-15-11-22(32-9-2-7-29-8-10-32)31-20-5-3-16(12-18(15)20)30-23(33)14-34-21-6-4-17(13-19(21)25)35-24(26,27)28;1-16-13-22(31-11-2-9-28-10-12-31)30-21-8-3-17(14-20(16)21)29-23(32)15-33-18-4-6-19(7-5-18)34-24(25,26)27/h3-6,11-13,29H,2,7-10,14H2,1H3,(H,30,33);3-8,13-14,28H,2,9-12,15H2,1H3,(H,29,32). The molecule has 0 radical (unpaired) electrons. The molecule has 4 heterocycles. The summed E-state index contributed by atoms with van der Waals surface area (Å²) in [6.45, 7) is 10.9. The summed E-state index contributed by atoms with van der Waals surface area (Å²) in [4.78, 5) is 38.9. The van der Waals surface area contributed by atoms with Gasteiger partial charge in [0.1, 0.15) is 34.6 Å². The van der Waals surface area contributed by atoms with E-state index in [0.717, 1.165) is 134 Å². The fourth-order valence-corrected chi connectivity index (χ4v) is 7.83. The summed E-state index contributed by atoms with van der Waals surface area (Å²) >= 11 is 5.94. The number of pyridine rings is 2. The summed E-state index contributed by atoms with van der Waals surface area (Å²) in [6, 6.07) is 23.2. The molecule has 21 heteroatoms. The van der Waals surface area contributed by atoms with Crippen LogP contribution in [0, 0.1) is 13.8 Å².